The molecule has 17 heavy (non-hydrogen) atoms. The molecule has 0 amide bonds. The highest BCUT2D eigenvalue weighted by Crippen LogP contribution is 2.36. The molecule has 1 saturated carbocycles. The van der Waals surface area contributed by atoms with E-state index in [-0.39, 0.29) is 0 Å². The first-order chi connectivity index (χ1) is 8.19. The molecule has 0 atom stereocenters. The summed E-state index contributed by atoms with van der Waals surface area (Å²) in [4.78, 5) is 2.61. The Morgan fingerprint density at radius 2 is 1.71 bits per heavy atom. The highest BCUT2D eigenvalue weighted by molar-refractivity contribution is 4.87. The lowest BCUT2D eigenvalue weighted by atomic mass is 9.75. The number of rotatable bonds is 5. The van der Waals surface area contributed by atoms with Crippen LogP contribution < -0.4 is 0 Å². The van der Waals surface area contributed by atoms with Crippen molar-refractivity contribution in [3.05, 3.63) is 0 Å². The van der Waals surface area contributed by atoms with Crippen LogP contribution in [0.4, 0.5) is 0 Å². The summed E-state index contributed by atoms with van der Waals surface area (Å²) >= 11 is 0. The largest absolute Gasteiger partial charge is 0.376 e. The van der Waals surface area contributed by atoms with Gasteiger partial charge in [0.1, 0.15) is 0 Å². The predicted molar refractivity (Wildman–Crippen MR) is 72.2 cm³/mol. The van der Waals surface area contributed by atoms with Crippen molar-refractivity contribution < 1.29 is 4.74 Å². The molecule has 0 radical (unpaired) electrons. The summed E-state index contributed by atoms with van der Waals surface area (Å²) in [5, 5.41) is 0. The molecular weight excluding hydrogens is 210 g/mol. The summed E-state index contributed by atoms with van der Waals surface area (Å²) in [5.74, 6) is 2.00. The van der Waals surface area contributed by atoms with Crippen LogP contribution in [-0.4, -0.2) is 36.7 Å². The molecule has 0 N–H and O–H groups in total. The van der Waals surface area contributed by atoms with Crippen LogP contribution in [0.2, 0.25) is 0 Å². The van der Waals surface area contributed by atoms with Crippen LogP contribution in [-0.2, 0) is 4.74 Å². The number of nitrogens with zero attached hydrogens (tertiary/aromatic N) is 1. The standard InChI is InChI=1S/C15H29NO/c1-4-9-16-10-14(11-16)13-5-7-15(8-6-13)17-12(2)3/h12-15H,4-11H2,1-3H3. The molecule has 1 aliphatic heterocycles. The Morgan fingerprint density at radius 1 is 1.06 bits per heavy atom. The minimum absolute atomic E-state index is 0.403. The summed E-state index contributed by atoms with van der Waals surface area (Å²) in [6, 6.07) is 0. The number of ether oxygens (including phenoxy) is 1. The number of hydrogen-bond acceptors (Lipinski definition) is 2. The Labute approximate surface area is 107 Å². The molecule has 2 aliphatic rings. The van der Waals surface area contributed by atoms with Crippen molar-refractivity contribution in [2.24, 2.45) is 11.8 Å². The van der Waals surface area contributed by atoms with Crippen molar-refractivity contribution in [3.8, 4) is 0 Å². The average molecular weight is 239 g/mol. The minimum Gasteiger partial charge on any atom is -0.376 e. The maximum atomic E-state index is 5.92. The third kappa shape index (κ3) is 3.69. The maximum Gasteiger partial charge on any atom is 0.0578 e. The Bertz CT molecular complexity index is 215. The van der Waals surface area contributed by atoms with Gasteiger partial charge in [-0.1, -0.05) is 6.92 Å². The molecule has 2 rings (SSSR count). The molecule has 0 aromatic rings. The molecule has 0 spiro atoms. The second kappa shape index (κ2) is 6.19. The number of hydrogen-bond donors (Lipinski definition) is 0. The maximum absolute atomic E-state index is 5.92. The van der Waals surface area contributed by atoms with Crippen molar-refractivity contribution in [2.45, 2.75) is 65.1 Å². The molecular formula is C15H29NO. The monoisotopic (exact) mass is 239 g/mol. The number of likely N-dealkylation sites (tertiary alicyclic amines) is 1. The summed E-state index contributed by atoms with van der Waals surface area (Å²) < 4.78 is 5.92. The second-order valence-electron chi connectivity index (χ2n) is 6.24. The zero-order valence-electron chi connectivity index (χ0n) is 11.8. The zero-order valence-corrected chi connectivity index (χ0v) is 11.8. The van der Waals surface area contributed by atoms with Gasteiger partial charge in [0, 0.05) is 13.1 Å². The van der Waals surface area contributed by atoms with E-state index in [1.165, 1.54) is 51.7 Å². The van der Waals surface area contributed by atoms with Crippen LogP contribution in [0.5, 0.6) is 0 Å². The van der Waals surface area contributed by atoms with Crippen LogP contribution >= 0.6 is 0 Å². The quantitative estimate of drug-likeness (QED) is 0.730. The van der Waals surface area contributed by atoms with E-state index in [1.807, 2.05) is 0 Å². The van der Waals surface area contributed by atoms with E-state index < -0.39 is 0 Å². The van der Waals surface area contributed by atoms with Crippen LogP contribution in [0, 0.1) is 11.8 Å². The first kappa shape index (κ1) is 13.4. The van der Waals surface area contributed by atoms with E-state index in [4.69, 9.17) is 4.74 Å². The van der Waals surface area contributed by atoms with Crippen molar-refractivity contribution in [1.82, 2.24) is 4.90 Å². The van der Waals surface area contributed by atoms with Crippen molar-refractivity contribution in [2.75, 3.05) is 19.6 Å². The lowest BCUT2D eigenvalue weighted by Crippen LogP contribution is -2.50. The van der Waals surface area contributed by atoms with Gasteiger partial charge in [0.2, 0.25) is 0 Å². The fourth-order valence-electron chi connectivity index (χ4n) is 3.49. The van der Waals surface area contributed by atoms with Crippen LogP contribution in [0.3, 0.4) is 0 Å². The molecule has 1 saturated heterocycles. The van der Waals surface area contributed by atoms with Gasteiger partial charge >= 0.3 is 0 Å². The highest BCUT2D eigenvalue weighted by Gasteiger charge is 2.35. The molecule has 2 nitrogen and oxygen atoms in total. The zero-order chi connectivity index (χ0) is 12.3. The second-order valence-corrected chi connectivity index (χ2v) is 6.24. The minimum atomic E-state index is 0.403. The van der Waals surface area contributed by atoms with E-state index in [2.05, 4.69) is 25.7 Å². The molecule has 2 fully saturated rings. The molecule has 0 aromatic carbocycles. The third-order valence-electron chi connectivity index (χ3n) is 4.38. The van der Waals surface area contributed by atoms with Gasteiger partial charge in [-0.2, -0.15) is 0 Å². The average Bonchev–Trinajstić information content (AvgIpc) is 2.24. The van der Waals surface area contributed by atoms with Gasteiger partial charge in [0.15, 0.2) is 0 Å². The van der Waals surface area contributed by atoms with Crippen LogP contribution in [0.25, 0.3) is 0 Å². The topological polar surface area (TPSA) is 12.5 Å². The summed E-state index contributed by atoms with van der Waals surface area (Å²) in [7, 11) is 0. The van der Waals surface area contributed by atoms with Gasteiger partial charge in [-0.15, -0.1) is 0 Å². The Balaban J connectivity index is 1.63. The van der Waals surface area contributed by atoms with Gasteiger partial charge in [-0.3, -0.25) is 0 Å². The Kier molecular flexibility index (Phi) is 4.87. The highest BCUT2D eigenvalue weighted by atomic mass is 16.5. The Hall–Kier alpha value is -0.0800. The van der Waals surface area contributed by atoms with Crippen molar-refractivity contribution in [1.29, 1.82) is 0 Å². The molecule has 0 unspecified atom stereocenters. The molecule has 100 valence electrons. The Morgan fingerprint density at radius 3 is 2.24 bits per heavy atom. The molecule has 1 aliphatic carbocycles. The SMILES string of the molecule is CCCN1CC(C2CCC(OC(C)C)CC2)C1. The van der Waals surface area contributed by atoms with Crippen molar-refractivity contribution >= 4 is 0 Å². The normalized spacial score (nSPS) is 31.8. The van der Waals surface area contributed by atoms with Gasteiger partial charge in [-0.05, 0) is 64.3 Å². The van der Waals surface area contributed by atoms with E-state index in [1.54, 1.807) is 0 Å². The molecule has 2 heteroatoms. The molecule has 0 aromatic heterocycles. The summed E-state index contributed by atoms with van der Waals surface area (Å²) in [5.41, 5.74) is 0. The van der Waals surface area contributed by atoms with E-state index >= 15 is 0 Å². The van der Waals surface area contributed by atoms with Crippen molar-refractivity contribution in [3.63, 3.8) is 0 Å². The van der Waals surface area contributed by atoms with Gasteiger partial charge in [0.25, 0.3) is 0 Å². The first-order valence-corrected chi connectivity index (χ1v) is 7.56. The molecule has 1 heterocycles. The third-order valence-corrected chi connectivity index (χ3v) is 4.38. The van der Waals surface area contributed by atoms with Gasteiger partial charge in [0.05, 0.1) is 12.2 Å². The first-order valence-electron chi connectivity index (χ1n) is 7.56. The van der Waals surface area contributed by atoms with Crippen LogP contribution in [0.1, 0.15) is 52.9 Å². The lowest BCUT2D eigenvalue weighted by Gasteiger charge is -2.45. The fourth-order valence-corrected chi connectivity index (χ4v) is 3.49. The summed E-state index contributed by atoms with van der Waals surface area (Å²) in [6.07, 6.45) is 7.67. The predicted octanol–water partition coefficient (Wildman–Crippen LogP) is 3.31. The summed E-state index contributed by atoms with van der Waals surface area (Å²) in [6.45, 7) is 10.6. The lowest BCUT2D eigenvalue weighted by molar-refractivity contribution is -0.0378. The van der Waals surface area contributed by atoms with E-state index in [0.29, 0.717) is 12.2 Å². The van der Waals surface area contributed by atoms with E-state index in [9.17, 15) is 0 Å². The van der Waals surface area contributed by atoms with E-state index in [0.717, 1.165) is 11.8 Å². The van der Waals surface area contributed by atoms with Gasteiger partial charge in [-0.25, -0.2) is 0 Å². The van der Waals surface area contributed by atoms with Gasteiger partial charge < -0.3 is 9.64 Å². The fraction of sp³-hybridized carbons (Fsp3) is 1.00. The molecule has 0 bridgehead atoms. The smallest absolute Gasteiger partial charge is 0.0578 e. The van der Waals surface area contributed by atoms with Crippen LogP contribution in [0.15, 0.2) is 0 Å².